The van der Waals surface area contributed by atoms with E-state index in [-0.39, 0.29) is 12.6 Å². The van der Waals surface area contributed by atoms with Gasteiger partial charge in [0.05, 0.1) is 0 Å². The fourth-order valence-electron chi connectivity index (χ4n) is 2.03. The second kappa shape index (κ2) is 7.82. The predicted octanol–water partition coefficient (Wildman–Crippen LogP) is 4.20. The first-order chi connectivity index (χ1) is 10.2. The molecule has 0 unspecified atom stereocenters. The van der Waals surface area contributed by atoms with Crippen LogP contribution in [0, 0.1) is 11.3 Å². The van der Waals surface area contributed by atoms with Crippen molar-refractivity contribution >= 4 is 15.9 Å². The van der Waals surface area contributed by atoms with Gasteiger partial charge in [-0.3, -0.25) is 0 Å². The van der Waals surface area contributed by atoms with Gasteiger partial charge in [-0.25, -0.2) is 0 Å². The average molecular weight is 345 g/mol. The van der Waals surface area contributed by atoms with Crippen molar-refractivity contribution in [1.82, 2.24) is 5.32 Å². The van der Waals surface area contributed by atoms with Crippen LogP contribution in [0.1, 0.15) is 24.1 Å². The molecular weight excluding hydrogens is 328 g/mol. The Labute approximate surface area is 133 Å². The highest BCUT2D eigenvalue weighted by Gasteiger charge is 2.07. The van der Waals surface area contributed by atoms with Gasteiger partial charge in [-0.2, -0.15) is 5.26 Å². The molecule has 0 radical (unpaired) electrons. The Morgan fingerprint density at radius 2 is 1.90 bits per heavy atom. The number of nitrogens with one attached hydrogen (secondary N) is 1. The third-order valence-corrected chi connectivity index (χ3v) is 3.76. The summed E-state index contributed by atoms with van der Waals surface area (Å²) in [5.74, 6) is 0.759. The standard InChI is InChI=1S/C17H17BrN2O/c1-13(14-6-8-16(18)9-7-14)20-12-15-4-2-3-5-17(15)21-11-10-19/h2-9,13,20H,11-12H2,1H3/t13-/m0/s1. The molecule has 3 nitrogen and oxygen atoms in total. The topological polar surface area (TPSA) is 45.0 Å². The van der Waals surface area contributed by atoms with Crippen molar-refractivity contribution in [3.8, 4) is 11.8 Å². The molecule has 0 amide bonds. The summed E-state index contributed by atoms with van der Waals surface area (Å²) < 4.78 is 6.51. The van der Waals surface area contributed by atoms with Gasteiger partial charge < -0.3 is 10.1 Å². The monoisotopic (exact) mass is 344 g/mol. The van der Waals surface area contributed by atoms with Gasteiger partial charge in [-0.15, -0.1) is 0 Å². The van der Waals surface area contributed by atoms with Gasteiger partial charge in [0, 0.05) is 22.6 Å². The Balaban J connectivity index is 1.99. The van der Waals surface area contributed by atoms with E-state index < -0.39 is 0 Å². The summed E-state index contributed by atoms with van der Waals surface area (Å²) in [5, 5.41) is 12.1. The largest absolute Gasteiger partial charge is 0.478 e. The van der Waals surface area contributed by atoms with E-state index in [1.165, 1.54) is 5.56 Å². The number of ether oxygens (including phenoxy) is 1. The van der Waals surface area contributed by atoms with E-state index in [1.54, 1.807) is 0 Å². The van der Waals surface area contributed by atoms with Crippen LogP contribution in [0.25, 0.3) is 0 Å². The molecule has 21 heavy (non-hydrogen) atoms. The Kier molecular flexibility index (Phi) is 5.79. The van der Waals surface area contributed by atoms with E-state index in [9.17, 15) is 0 Å². The van der Waals surface area contributed by atoms with Gasteiger partial charge in [0.2, 0.25) is 0 Å². The number of nitrogens with zero attached hydrogens (tertiary/aromatic N) is 1. The first kappa shape index (κ1) is 15.6. The van der Waals surface area contributed by atoms with Crippen molar-refractivity contribution in [3.05, 3.63) is 64.1 Å². The molecule has 108 valence electrons. The minimum atomic E-state index is 0.0687. The molecule has 0 fully saturated rings. The van der Waals surface area contributed by atoms with Crippen molar-refractivity contribution in [1.29, 1.82) is 5.26 Å². The van der Waals surface area contributed by atoms with Gasteiger partial charge >= 0.3 is 0 Å². The van der Waals surface area contributed by atoms with Crippen molar-refractivity contribution in [2.24, 2.45) is 0 Å². The highest BCUT2D eigenvalue weighted by Crippen LogP contribution is 2.20. The first-order valence-corrected chi connectivity index (χ1v) is 7.56. The molecule has 1 atom stereocenters. The van der Waals surface area contributed by atoms with Crippen molar-refractivity contribution in [2.45, 2.75) is 19.5 Å². The normalized spacial score (nSPS) is 11.7. The third kappa shape index (κ3) is 4.59. The van der Waals surface area contributed by atoms with E-state index in [1.807, 2.05) is 42.5 Å². The van der Waals surface area contributed by atoms with Crippen LogP contribution in [0.3, 0.4) is 0 Å². The van der Waals surface area contributed by atoms with Gasteiger partial charge in [0.25, 0.3) is 0 Å². The Hall–Kier alpha value is -1.83. The lowest BCUT2D eigenvalue weighted by atomic mass is 10.1. The first-order valence-electron chi connectivity index (χ1n) is 6.77. The predicted molar refractivity (Wildman–Crippen MR) is 86.9 cm³/mol. The number of hydrogen-bond donors (Lipinski definition) is 1. The summed E-state index contributed by atoms with van der Waals surface area (Å²) in [6.45, 7) is 2.89. The molecule has 0 aliphatic rings. The fourth-order valence-corrected chi connectivity index (χ4v) is 2.30. The maximum Gasteiger partial charge on any atom is 0.174 e. The number of hydrogen-bond acceptors (Lipinski definition) is 3. The van der Waals surface area contributed by atoms with E-state index in [2.05, 4.69) is 40.3 Å². The Morgan fingerprint density at radius 3 is 2.62 bits per heavy atom. The van der Waals surface area contributed by atoms with Crippen molar-refractivity contribution < 1.29 is 4.74 Å². The molecular formula is C17H17BrN2O. The quantitative estimate of drug-likeness (QED) is 0.853. The highest BCUT2D eigenvalue weighted by molar-refractivity contribution is 9.10. The zero-order valence-corrected chi connectivity index (χ0v) is 13.4. The van der Waals surface area contributed by atoms with Crippen molar-refractivity contribution in [3.63, 3.8) is 0 Å². The molecule has 0 aliphatic carbocycles. The number of nitriles is 1. The third-order valence-electron chi connectivity index (χ3n) is 3.23. The molecule has 0 saturated heterocycles. The minimum Gasteiger partial charge on any atom is -0.478 e. The van der Waals surface area contributed by atoms with Crippen LogP contribution in [0.5, 0.6) is 5.75 Å². The van der Waals surface area contributed by atoms with Crippen LogP contribution in [0.15, 0.2) is 53.0 Å². The molecule has 1 N–H and O–H groups in total. The summed E-state index contributed by atoms with van der Waals surface area (Å²) in [5.41, 5.74) is 2.28. The van der Waals surface area contributed by atoms with Crippen LogP contribution in [-0.2, 0) is 6.54 Å². The number of para-hydroxylation sites is 1. The average Bonchev–Trinajstić information content (AvgIpc) is 2.52. The SMILES string of the molecule is C[C@H](NCc1ccccc1OCC#N)c1ccc(Br)cc1. The molecule has 2 aromatic rings. The smallest absolute Gasteiger partial charge is 0.174 e. The molecule has 0 aliphatic heterocycles. The summed E-state index contributed by atoms with van der Waals surface area (Å²) in [6, 6.07) is 18.3. The fraction of sp³-hybridized carbons (Fsp3) is 0.235. The lowest BCUT2D eigenvalue weighted by Crippen LogP contribution is -2.18. The van der Waals surface area contributed by atoms with E-state index in [4.69, 9.17) is 10.00 Å². The maximum atomic E-state index is 8.61. The molecule has 4 heteroatoms. The van der Waals surface area contributed by atoms with Gasteiger partial charge in [-0.05, 0) is 30.7 Å². The molecule has 0 aromatic heterocycles. The van der Waals surface area contributed by atoms with Crippen LogP contribution in [0.4, 0.5) is 0 Å². The minimum absolute atomic E-state index is 0.0687. The molecule has 2 rings (SSSR count). The number of benzene rings is 2. The summed E-state index contributed by atoms with van der Waals surface area (Å²) in [7, 11) is 0. The van der Waals surface area contributed by atoms with Crippen LogP contribution in [0.2, 0.25) is 0 Å². The number of halogens is 1. The van der Waals surface area contributed by atoms with Gasteiger partial charge in [0.15, 0.2) is 6.61 Å². The summed E-state index contributed by atoms with van der Waals surface area (Å²) >= 11 is 3.44. The van der Waals surface area contributed by atoms with E-state index in [0.29, 0.717) is 6.54 Å². The molecule has 0 bridgehead atoms. The van der Waals surface area contributed by atoms with E-state index >= 15 is 0 Å². The Bertz CT molecular complexity index is 619. The summed E-state index contributed by atoms with van der Waals surface area (Å²) in [4.78, 5) is 0. The lowest BCUT2D eigenvalue weighted by Gasteiger charge is -2.16. The summed E-state index contributed by atoms with van der Waals surface area (Å²) in [6.07, 6.45) is 0. The molecule has 2 aromatic carbocycles. The highest BCUT2D eigenvalue weighted by atomic mass is 79.9. The zero-order chi connectivity index (χ0) is 15.1. The van der Waals surface area contributed by atoms with Crippen LogP contribution < -0.4 is 10.1 Å². The maximum absolute atomic E-state index is 8.61. The van der Waals surface area contributed by atoms with Crippen LogP contribution in [-0.4, -0.2) is 6.61 Å². The molecule has 0 heterocycles. The lowest BCUT2D eigenvalue weighted by molar-refractivity contribution is 0.361. The van der Waals surface area contributed by atoms with Crippen LogP contribution >= 0.6 is 15.9 Å². The Morgan fingerprint density at radius 1 is 1.19 bits per heavy atom. The molecule has 0 spiro atoms. The second-order valence-corrected chi connectivity index (χ2v) is 5.62. The van der Waals surface area contributed by atoms with Crippen molar-refractivity contribution in [2.75, 3.05) is 6.61 Å². The zero-order valence-electron chi connectivity index (χ0n) is 11.8. The van der Waals surface area contributed by atoms with Gasteiger partial charge in [0.1, 0.15) is 11.8 Å². The second-order valence-electron chi connectivity index (χ2n) is 4.71. The van der Waals surface area contributed by atoms with Gasteiger partial charge in [-0.1, -0.05) is 46.3 Å². The number of rotatable bonds is 6. The van der Waals surface area contributed by atoms with E-state index in [0.717, 1.165) is 15.8 Å². The molecule has 0 saturated carbocycles.